The van der Waals surface area contributed by atoms with Crippen LogP contribution in [0.2, 0.25) is 0 Å². The van der Waals surface area contributed by atoms with Crippen molar-refractivity contribution in [1.82, 2.24) is 0 Å². The monoisotopic (exact) mass is 420 g/mol. The average molecular weight is 421 g/mol. The lowest BCUT2D eigenvalue weighted by Gasteiger charge is -2.62. The summed E-state index contributed by atoms with van der Waals surface area (Å²) in [5, 5.41) is 33.0. The van der Waals surface area contributed by atoms with E-state index in [-0.39, 0.29) is 29.0 Å². The van der Waals surface area contributed by atoms with Crippen LogP contribution in [0, 0.1) is 40.4 Å². The van der Waals surface area contributed by atoms with E-state index in [0.717, 1.165) is 44.9 Å². The third-order valence-corrected chi connectivity index (χ3v) is 10.9. The first-order valence-electron chi connectivity index (χ1n) is 13.2. The van der Waals surface area contributed by atoms with Crippen molar-refractivity contribution in [3.63, 3.8) is 0 Å². The Hall–Kier alpha value is -0.120. The molecule has 3 N–H and O–H groups in total. The van der Waals surface area contributed by atoms with Gasteiger partial charge in [-0.15, -0.1) is 0 Å². The van der Waals surface area contributed by atoms with Crippen molar-refractivity contribution in [3.05, 3.63) is 0 Å². The number of aliphatic hydroxyl groups excluding tert-OH is 2. The zero-order chi connectivity index (χ0) is 21.7. The van der Waals surface area contributed by atoms with Gasteiger partial charge in [-0.05, 0) is 105 Å². The summed E-state index contributed by atoms with van der Waals surface area (Å²) in [7, 11) is 0. The molecule has 0 amide bonds. The third-order valence-electron chi connectivity index (χ3n) is 10.9. The predicted molar refractivity (Wildman–Crippen MR) is 122 cm³/mol. The fourth-order valence-electron chi connectivity index (χ4n) is 9.38. The predicted octanol–water partition coefficient (Wildman–Crippen LogP) is 5.70. The van der Waals surface area contributed by atoms with Gasteiger partial charge in [0.2, 0.25) is 0 Å². The van der Waals surface area contributed by atoms with Crippen molar-refractivity contribution < 1.29 is 15.3 Å². The first-order valence-corrected chi connectivity index (χ1v) is 13.2. The van der Waals surface area contributed by atoms with Gasteiger partial charge in [0, 0.05) is 0 Å². The fourth-order valence-corrected chi connectivity index (χ4v) is 9.38. The first kappa shape index (κ1) is 23.1. The molecule has 0 saturated heterocycles. The molecule has 10 atom stereocenters. The molecule has 4 rings (SSSR count). The van der Waals surface area contributed by atoms with Gasteiger partial charge in [-0.2, -0.15) is 0 Å². The molecule has 3 heteroatoms. The van der Waals surface area contributed by atoms with E-state index >= 15 is 0 Å². The van der Waals surface area contributed by atoms with Crippen molar-refractivity contribution in [2.75, 3.05) is 0 Å². The van der Waals surface area contributed by atoms with Gasteiger partial charge in [0.15, 0.2) is 0 Å². The highest BCUT2D eigenvalue weighted by Gasteiger charge is 2.63. The van der Waals surface area contributed by atoms with Crippen LogP contribution in [0.1, 0.15) is 111 Å². The smallest absolute Gasteiger partial charge is 0.0653 e. The topological polar surface area (TPSA) is 60.7 Å². The van der Waals surface area contributed by atoms with Crippen molar-refractivity contribution in [2.45, 2.75) is 129 Å². The maximum Gasteiger partial charge on any atom is 0.0653 e. The summed E-state index contributed by atoms with van der Waals surface area (Å²) in [6.45, 7) is 9.29. The number of aliphatic hydroxyl groups is 3. The molecule has 0 aromatic carbocycles. The molecule has 0 aliphatic heterocycles. The van der Waals surface area contributed by atoms with Gasteiger partial charge in [-0.25, -0.2) is 0 Å². The maximum absolute atomic E-state index is 11.6. The van der Waals surface area contributed by atoms with Crippen LogP contribution in [0.15, 0.2) is 0 Å². The SMILES string of the molecule is CCCCCC[C@](C)(O)C1CC[C@H]2C3C[C@H](O)C4CC(O)CCC4(C)[C@H]3CCC12C. The van der Waals surface area contributed by atoms with Crippen LogP contribution < -0.4 is 0 Å². The van der Waals surface area contributed by atoms with Crippen LogP contribution in [0.25, 0.3) is 0 Å². The summed E-state index contributed by atoms with van der Waals surface area (Å²) >= 11 is 0. The first-order chi connectivity index (χ1) is 14.1. The Kier molecular flexibility index (Phi) is 6.41. The van der Waals surface area contributed by atoms with Crippen molar-refractivity contribution in [3.8, 4) is 0 Å². The van der Waals surface area contributed by atoms with Gasteiger partial charge in [0.05, 0.1) is 17.8 Å². The van der Waals surface area contributed by atoms with Gasteiger partial charge in [-0.3, -0.25) is 0 Å². The van der Waals surface area contributed by atoms with Crippen LogP contribution in [0.3, 0.4) is 0 Å². The number of hydrogen-bond acceptors (Lipinski definition) is 3. The molecule has 4 aliphatic rings. The Morgan fingerprint density at radius 2 is 1.53 bits per heavy atom. The normalized spacial score (nSPS) is 50.3. The summed E-state index contributed by atoms with van der Waals surface area (Å²) in [6, 6.07) is 0. The maximum atomic E-state index is 11.6. The van der Waals surface area contributed by atoms with Crippen molar-refractivity contribution >= 4 is 0 Å². The van der Waals surface area contributed by atoms with Crippen LogP contribution in [0.5, 0.6) is 0 Å². The van der Waals surface area contributed by atoms with Crippen LogP contribution in [-0.2, 0) is 0 Å². The zero-order valence-corrected chi connectivity index (χ0v) is 20.1. The standard InChI is InChI=1S/C27H48O3/c1-5-6-7-8-13-27(4,30)24-10-9-20-19-17-23(29)22-16-18(28)11-14-25(22,2)21(19)12-15-26(20,24)3/h18-24,28-30H,5-17H2,1-4H3/t18?,19?,20-,21-,22?,23-,24?,25?,26?,27-/m0/s1. The molecule has 3 nitrogen and oxygen atoms in total. The molecule has 4 saturated carbocycles. The lowest BCUT2D eigenvalue weighted by molar-refractivity contribution is -0.179. The second kappa shape index (κ2) is 8.34. The highest BCUT2D eigenvalue weighted by molar-refractivity contribution is 5.13. The summed E-state index contributed by atoms with van der Waals surface area (Å²) in [5.74, 6) is 2.59. The van der Waals surface area contributed by atoms with E-state index in [0.29, 0.717) is 23.7 Å². The summed E-state index contributed by atoms with van der Waals surface area (Å²) < 4.78 is 0. The van der Waals surface area contributed by atoms with Gasteiger partial charge in [-0.1, -0.05) is 46.5 Å². The van der Waals surface area contributed by atoms with Gasteiger partial charge < -0.3 is 15.3 Å². The molecule has 174 valence electrons. The Labute approximate surface area is 185 Å². The zero-order valence-electron chi connectivity index (χ0n) is 20.1. The van der Waals surface area contributed by atoms with E-state index in [1.807, 2.05) is 0 Å². The quantitative estimate of drug-likeness (QED) is 0.483. The number of rotatable bonds is 6. The molecule has 0 spiro atoms. The Bertz CT molecular complexity index is 603. The minimum Gasteiger partial charge on any atom is -0.393 e. The summed E-state index contributed by atoms with van der Waals surface area (Å²) in [6.07, 6.45) is 13.9. The Balaban J connectivity index is 1.52. The molecule has 6 unspecified atom stereocenters. The number of hydrogen-bond donors (Lipinski definition) is 3. The summed E-state index contributed by atoms with van der Waals surface area (Å²) in [5.41, 5.74) is -0.158. The average Bonchev–Trinajstić information content (AvgIpc) is 3.05. The van der Waals surface area contributed by atoms with Gasteiger partial charge in [0.1, 0.15) is 0 Å². The van der Waals surface area contributed by atoms with Crippen LogP contribution in [0.4, 0.5) is 0 Å². The lowest BCUT2D eigenvalue weighted by atomic mass is 9.43. The highest BCUT2D eigenvalue weighted by Crippen LogP contribution is 2.68. The van der Waals surface area contributed by atoms with E-state index < -0.39 is 5.60 Å². The van der Waals surface area contributed by atoms with E-state index in [1.165, 1.54) is 38.5 Å². The Morgan fingerprint density at radius 1 is 0.833 bits per heavy atom. The second-order valence-corrected chi connectivity index (χ2v) is 12.6. The molecule has 0 aromatic heterocycles. The molecule has 4 aliphatic carbocycles. The van der Waals surface area contributed by atoms with E-state index in [4.69, 9.17) is 0 Å². The lowest BCUT2D eigenvalue weighted by Crippen LogP contribution is -2.59. The molecular formula is C27H48O3. The van der Waals surface area contributed by atoms with E-state index in [1.54, 1.807) is 0 Å². The van der Waals surface area contributed by atoms with Crippen molar-refractivity contribution in [2.24, 2.45) is 40.4 Å². The molecular weight excluding hydrogens is 372 g/mol. The molecule has 0 heterocycles. The molecule has 4 fully saturated rings. The minimum atomic E-state index is -0.557. The van der Waals surface area contributed by atoms with Crippen LogP contribution in [-0.4, -0.2) is 33.1 Å². The third kappa shape index (κ3) is 3.69. The minimum absolute atomic E-state index is 0.184. The molecule has 0 radical (unpaired) electrons. The second-order valence-electron chi connectivity index (χ2n) is 12.6. The van der Waals surface area contributed by atoms with Gasteiger partial charge in [0.25, 0.3) is 0 Å². The largest absolute Gasteiger partial charge is 0.393 e. The number of fused-ring (bicyclic) bond motifs is 5. The Morgan fingerprint density at radius 3 is 2.27 bits per heavy atom. The van der Waals surface area contributed by atoms with Crippen molar-refractivity contribution in [1.29, 1.82) is 0 Å². The summed E-state index contributed by atoms with van der Waals surface area (Å²) in [4.78, 5) is 0. The van der Waals surface area contributed by atoms with E-state index in [9.17, 15) is 15.3 Å². The number of unbranched alkanes of at least 4 members (excludes halogenated alkanes) is 3. The van der Waals surface area contributed by atoms with Gasteiger partial charge >= 0.3 is 0 Å². The van der Waals surface area contributed by atoms with Crippen LogP contribution >= 0.6 is 0 Å². The fraction of sp³-hybridized carbons (Fsp3) is 1.00. The molecule has 30 heavy (non-hydrogen) atoms. The highest BCUT2D eigenvalue weighted by atomic mass is 16.3. The molecule has 0 aromatic rings. The van der Waals surface area contributed by atoms with E-state index in [2.05, 4.69) is 27.7 Å². The molecule has 0 bridgehead atoms.